The molecule has 8 nitrogen and oxygen atoms in total. The first-order valence-corrected chi connectivity index (χ1v) is 15.7. The van der Waals surface area contributed by atoms with Gasteiger partial charge in [-0.2, -0.15) is 0 Å². The van der Waals surface area contributed by atoms with Gasteiger partial charge in [0.2, 0.25) is 0 Å². The van der Waals surface area contributed by atoms with E-state index < -0.39 is 70.9 Å². The van der Waals surface area contributed by atoms with Gasteiger partial charge in [0.1, 0.15) is 29.5 Å². The lowest BCUT2D eigenvalue weighted by Gasteiger charge is -2.59. The highest BCUT2D eigenvalue weighted by Gasteiger charge is 2.88. The summed E-state index contributed by atoms with van der Waals surface area (Å²) in [7, 11) is 0. The van der Waals surface area contributed by atoms with E-state index in [1.54, 1.807) is 13.0 Å². The molecule has 2 saturated carbocycles. The summed E-state index contributed by atoms with van der Waals surface area (Å²) in [5, 5.41) is 34.2. The van der Waals surface area contributed by atoms with Crippen LogP contribution >= 0.6 is 0 Å². The summed E-state index contributed by atoms with van der Waals surface area (Å²) < 4.78 is 26.8. The molecule has 3 bridgehead atoms. The number of Topliss-reactive ketones (excluding diaryl/α,β-unsaturated/α-hetero) is 1. The Morgan fingerprint density at radius 3 is 2.33 bits per heavy atom. The number of ether oxygens (including phenoxy) is 4. The summed E-state index contributed by atoms with van der Waals surface area (Å²) in [6.45, 7) is 11.7. The number of ketones is 1. The van der Waals surface area contributed by atoms with Gasteiger partial charge in [-0.3, -0.25) is 4.79 Å². The average molecular weight is 561 g/mol. The highest BCUT2D eigenvalue weighted by Crippen LogP contribution is 2.73. The fourth-order valence-corrected chi connectivity index (χ4v) is 9.19. The van der Waals surface area contributed by atoms with Gasteiger partial charge in [-0.15, -0.1) is 0 Å². The van der Waals surface area contributed by atoms with Crippen LogP contribution in [0.15, 0.2) is 23.8 Å². The fraction of sp³-hybridized carbons (Fsp3) is 0.844. The Morgan fingerprint density at radius 1 is 1.05 bits per heavy atom. The van der Waals surface area contributed by atoms with Crippen LogP contribution < -0.4 is 0 Å². The molecule has 11 atom stereocenters. The third kappa shape index (κ3) is 3.60. The van der Waals surface area contributed by atoms with Crippen molar-refractivity contribution in [2.24, 2.45) is 17.8 Å². The molecule has 3 N–H and O–H groups in total. The van der Waals surface area contributed by atoms with E-state index in [4.69, 9.17) is 18.9 Å². The van der Waals surface area contributed by atoms with Crippen LogP contribution in [0.2, 0.25) is 0 Å². The van der Waals surface area contributed by atoms with E-state index in [0.29, 0.717) is 18.4 Å². The Kier molecular flexibility index (Phi) is 7.02. The summed E-state index contributed by atoms with van der Waals surface area (Å²) in [6.07, 6.45) is 10.7. The van der Waals surface area contributed by atoms with Gasteiger partial charge in [0, 0.05) is 18.3 Å². The monoisotopic (exact) mass is 560 g/mol. The predicted molar refractivity (Wildman–Crippen MR) is 147 cm³/mol. The maximum Gasteiger partial charge on any atom is 0.284 e. The molecule has 3 aliphatic carbocycles. The Labute approximate surface area is 238 Å². The largest absolute Gasteiger partial charge is 0.393 e. The second kappa shape index (κ2) is 9.69. The predicted octanol–water partition coefficient (Wildman–Crippen LogP) is 4.10. The summed E-state index contributed by atoms with van der Waals surface area (Å²) in [5.74, 6) is -3.38. The van der Waals surface area contributed by atoms with E-state index in [9.17, 15) is 20.1 Å². The zero-order chi connectivity index (χ0) is 28.7. The maximum absolute atomic E-state index is 13.5. The van der Waals surface area contributed by atoms with Gasteiger partial charge in [-0.25, -0.2) is 0 Å². The minimum Gasteiger partial charge on any atom is -0.393 e. The number of hydrogen-bond donors (Lipinski definition) is 3. The Bertz CT molecular complexity index is 1090. The lowest BCUT2D eigenvalue weighted by molar-refractivity contribution is -0.430. The number of epoxide rings is 1. The van der Waals surface area contributed by atoms with Crippen molar-refractivity contribution in [3.8, 4) is 0 Å². The summed E-state index contributed by atoms with van der Waals surface area (Å²) in [6, 6.07) is 0. The van der Waals surface area contributed by atoms with Crippen molar-refractivity contribution < 1.29 is 39.1 Å². The van der Waals surface area contributed by atoms with Crippen LogP contribution in [0.1, 0.15) is 98.3 Å². The molecule has 0 amide bonds. The number of fused-ring (bicyclic) bond motifs is 3. The topological polar surface area (TPSA) is 118 Å². The van der Waals surface area contributed by atoms with Gasteiger partial charge in [0.05, 0.1) is 12.2 Å². The first-order valence-electron chi connectivity index (χ1n) is 15.7. The van der Waals surface area contributed by atoms with E-state index in [1.165, 1.54) is 38.5 Å². The van der Waals surface area contributed by atoms with Gasteiger partial charge >= 0.3 is 0 Å². The second-order valence-corrected chi connectivity index (χ2v) is 13.7. The van der Waals surface area contributed by atoms with Crippen molar-refractivity contribution >= 4 is 5.78 Å². The van der Waals surface area contributed by atoms with Crippen LogP contribution in [0.3, 0.4) is 0 Å². The zero-order valence-corrected chi connectivity index (χ0v) is 24.6. The lowest BCUT2D eigenvalue weighted by atomic mass is 9.54. The molecular formula is C32H48O8. The van der Waals surface area contributed by atoms with Crippen molar-refractivity contribution in [1.82, 2.24) is 0 Å². The molecule has 3 saturated heterocycles. The number of hydrogen-bond acceptors (Lipinski definition) is 8. The third-order valence-corrected chi connectivity index (χ3v) is 11.3. The van der Waals surface area contributed by atoms with Crippen molar-refractivity contribution in [3.63, 3.8) is 0 Å². The summed E-state index contributed by atoms with van der Waals surface area (Å²) >= 11 is 0. The van der Waals surface area contributed by atoms with Crippen LogP contribution in [0.25, 0.3) is 0 Å². The molecule has 3 aliphatic heterocycles. The molecule has 0 spiro atoms. The summed E-state index contributed by atoms with van der Waals surface area (Å²) in [5.41, 5.74) is -4.36. The number of aliphatic hydroxyl groups excluding tert-OH is 2. The van der Waals surface area contributed by atoms with Crippen molar-refractivity contribution in [3.05, 3.63) is 23.8 Å². The molecule has 0 radical (unpaired) electrons. The quantitative estimate of drug-likeness (QED) is 0.186. The van der Waals surface area contributed by atoms with Gasteiger partial charge in [0.15, 0.2) is 11.4 Å². The van der Waals surface area contributed by atoms with E-state index >= 15 is 0 Å². The smallest absolute Gasteiger partial charge is 0.284 e. The van der Waals surface area contributed by atoms with Crippen molar-refractivity contribution in [2.75, 3.05) is 6.61 Å². The molecule has 5 fully saturated rings. The minimum atomic E-state index is -2.18. The molecular weight excluding hydrogens is 512 g/mol. The van der Waals surface area contributed by atoms with Crippen LogP contribution in [0.4, 0.5) is 0 Å². The van der Waals surface area contributed by atoms with E-state index in [0.717, 1.165) is 24.8 Å². The van der Waals surface area contributed by atoms with E-state index in [1.807, 2.05) is 6.92 Å². The molecule has 40 heavy (non-hydrogen) atoms. The Morgan fingerprint density at radius 2 is 1.70 bits per heavy atom. The highest BCUT2D eigenvalue weighted by molar-refractivity contribution is 6.05. The molecule has 0 aromatic rings. The molecule has 6 aliphatic rings. The number of rotatable bonds is 12. The van der Waals surface area contributed by atoms with E-state index in [-0.39, 0.29) is 5.92 Å². The van der Waals surface area contributed by atoms with E-state index in [2.05, 4.69) is 20.4 Å². The molecule has 6 rings (SSSR count). The van der Waals surface area contributed by atoms with Crippen LogP contribution in [-0.4, -0.2) is 74.4 Å². The second-order valence-electron chi connectivity index (χ2n) is 13.7. The zero-order valence-electron chi connectivity index (χ0n) is 24.6. The molecule has 0 aromatic carbocycles. The number of unbranched alkanes of at least 4 members (excludes halogenated alkanes) is 8. The fourth-order valence-electron chi connectivity index (χ4n) is 9.19. The number of carbonyl (C=O) groups is 1. The highest BCUT2D eigenvalue weighted by atomic mass is 16.9. The molecule has 0 unspecified atom stereocenters. The van der Waals surface area contributed by atoms with Gasteiger partial charge in [-0.05, 0) is 43.8 Å². The van der Waals surface area contributed by atoms with Gasteiger partial charge in [0.25, 0.3) is 5.97 Å². The first-order chi connectivity index (χ1) is 19.0. The number of aliphatic hydroxyl groups is 3. The normalized spacial score (nSPS) is 49.8. The van der Waals surface area contributed by atoms with Crippen molar-refractivity contribution in [2.45, 2.75) is 145 Å². The first kappa shape index (κ1) is 29.0. The van der Waals surface area contributed by atoms with Crippen LogP contribution in [-0.2, 0) is 23.7 Å². The molecule has 3 heterocycles. The lowest BCUT2D eigenvalue weighted by Crippen LogP contribution is -2.72. The van der Waals surface area contributed by atoms with Crippen LogP contribution in [0, 0.1) is 17.8 Å². The Hall–Kier alpha value is -1.13. The average Bonchev–Trinajstić information content (AvgIpc) is 3.56. The number of carbonyl (C=O) groups excluding carboxylic acids is 1. The minimum absolute atomic E-state index is 0.184. The SMILES string of the molecule is C=C(C)[C@]12C[C@@H](C)[C@@]34O[C@@](CCCCCCCCCCC)(O[C@@H]1[C@@H]3[C@H]1O[C@]1(CO)[C@@H](O)[C@]1(O)C(=O)C(C)=C[C@H]14)O2. The van der Waals surface area contributed by atoms with Crippen LogP contribution in [0.5, 0.6) is 0 Å². The van der Waals surface area contributed by atoms with Gasteiger partial charge in [-0.1, -0.05) is 77.9 Å². The van der Waals surface area contributed by atoms with Gasteiger partial charge < -0.3 is 34.3 Å². The molecule has 8 heteroatoms. The standard InChI is InChI=1S/C32H48O8/c1-6-7-8-9-10-11-12-13-14-15-30-38-25-23-26-29(18-33,37-26)27(35)31(36)22(16-20(4)24(31)34)32(23,40-30)21(5)17-28(25,39-30)19(2)3/h16,21-23,25-27,33,35-36H,2,6-15,17-18H2,1,3-5H3/t21-,22-,23-,25-,26-,27-,28-,29+,30+,31-,32+/m1/s1. The summed E-state index contributed by atoms with van der Waals surface area (Å²) in [4.78, 5) is 13.5. The Balaban J connectivity index is 1.33. The maximum atomic E-state index is 13.5. The molecule has 0 aromatic heterocycles. The molecule has 224 valence electrons. The van der Waals surface area contributed by atoms with Crippen molar-refractivity contribution in [1.29, 1.82) is 0 Å². The third-order valence-electron chi connectivity index (χ3n) is 11.3.